The van der Waals surface area contributed by atoms with Crippen LogP contribution >= 0.6 is 0 Å². The van der Waals surface area contributed by atoms with Crippen molar-refractivity contribution in [2.75, 3.05) is 43.1 Å². The average molecular weight is 411 g/mol. The maximum Gasteiger partial charge on any atom is 0.301 e. The van der Waals surface area contributed by atoms with E-state index < -0.39 is 0 Å². The number of hydrogen-bond donors (Lipinski definition) is 3. The van der Waals surface area contributed by atoms with E-state index in [1.54, 1.807) is 6.20 Å². The van der Waals surface area contributed by atoms with Gasteiger partial charge in [0.05, 0.1) is 12.7 Å². The third-order valence-electron chi connectivity index (χ3n) is 4.53. The van der Waals surface area contributed by atoms with Gasteiger partial charge in [0.15, 0.2) is 0 Å². The number of nitrogens with zero attached hydrogens (tertiary/aromatic N) is 5. The number of oxazole rings is 1. The normalized spacial score (nSPS) is 11.0. The van der Waals surface area contributed by atoms with Crippen molar-refractivity contribution < 1.29 is 4.42 Å². The van der Waals surface area contributed by atoms with Crippen LogP contribution in [0.2, 0.25) is 0 Å². The SMILES string of the molecule is CCc1nc(NCCN(C)C)nc(Nc2ncc(CNc3c(C)cccc3C)o2)n1. The van der Waals surface area contributed by atoms with Crippen LogP contribution in [0.25, 0.3) is 0 Å². The fourth-order valence-electron chi connectivity index (χ4n) is 2.92. The van der Waals surface area contributed by atoms with E-state index in [9.17, 15) is 0 Å². The van der Waals surface area contributed by atoms with E-state index in [1.165, 1.54) is 11.1 Å². The second-order valence-electron chi connectivity index (χ2n) is 7.36. The summed E-state index contributed by atoms with van der Waals surface area (Å²) in [5, 5.41) is 9.69. The summed E-state index contributed by atoms with van der Waals surface area (Å²) in [5.41, 5.74) is 3.50. The number of nitrogens with one attached hydrogen (secondary N) is 3. The number of anilines is 4. The van der Waals surface area contributed by atoms with Gasteiger partial charge >= 0.3 is 6.01 Å². The Labute approximate surface area is 177 Å². The van der Waals surface area contributed by atoms with Crippen LogP contribution in [0.4, 0.5) is 23.6 Å². The van der Waals surface area contributed by atoms with Crippen LogP contribution in [0, 0.1) is 13.8 Å². The zero-order valence-electron chi connectivity index (χ0n) is 18.3. The molecule has 0 aliphatic rings. The van der Waals surface area contributed by atoms with Crippen molar-refractivity contribution in [3.8, 4) is 0 Å². The molecule has 1 aromatic carbocycles. The molecule has 0 fully saturated rings. The molecule has 9 nitrogen and oxygen atoms in total. The van der Waals surface area contributed by atoms with Crippen molar-refractivity contribution >= 4 is 23.6 Å². The number of likely N-dealkylation sites (N-methyl/N-ethyl adjacent to an activating group) is 1. The minimum atomic E-state index is 0.348. The van der Waals surface area contributed by atoms with E-state index in [1.807, 2.05) is 21.0 Å². The summed E-state index contributed by atoms with van der Waals surface area (Å²) in [6, 6.07) is 6.56. The number of benzene rings is 1. The Morgan fingerprint density at radius 3 is 2.43 bits per heavy atom. The summed E-state index contributed by atoms with van der Waals surface area (Å²) < 4.78 is 5.80. The van der Waals surface area contributed by atoms with E-state index in [2.05, 4.69) is 72.8 Å². The summed E-state index contributed by atoms with van der Waals surface area (Å²) >= 11 is 0. The van der Waals surface area contributed by atoms with Crippen molar-refractivity contribution in [1.29, 1.82) is 0 Å². The predicted octanol–water partition coefficient (Wildman–Crippen LogP) is 3.37. The number of para-hydroxylation sites is 1. The molecule has 0 unspecified atom stereocenters. The largest absolute Gasteiger partial charge is 0.427 e. The molecule has 0 saturated carbocycles. The first-order valence-corrected chi connectivity index (χ1v) is 10.1. The van der Waals surface area contributed by atoms with Gasteiger partial charge < -0.3 is 20.0 Å². The lowest BCUT2D eigenvalue weighted by Gasteiger charge is -2.11. The molecule has 0 spiro atoms. The fourth-order valence-corrected chi connectivity index (χ4v) is 2.92. The minimum Gasteiger partial charge on any atom is -0.427 e. The van der Waals surface area contributed by atoms with E-state index in [-0.39, 0.29) is 0 Å². The van der Waals surface area contributed by atoms with Gasteiger partial charge in [0, 0.05) is 25.2 Å². The summed E-state index contributed by atoms with van der Waals surface area (Å²) in [7, 11) is 4.05. The second kappa shape index (κ2) is 10.0. The van der Waals surface area contributed by atoms with Gasteiger partial charge in [-0.3, -0.25) is 5.32 Å². The smallest absolute Gasteiger partial charge is 0.301 e. The van der Waals surface area contributed by atoms with Gasteiger partial charge in [-0.15, -0.1) is 0 Å². The van der Waals surface area contributed by atoms with Crippen molar-refractivity contribution in [3.05, 3.63) is 47.1 Å². The molecule has 30 heavy (non-hydrogen) atoms. The molecule has 0 amide bonds. The predicted molar refractivity (Wildman–Crippen MR) is 119 cm³/mol. The van der Waals surface area contributed by atoms with Gasteiger partial charge in [-0.25, -0.2) is 4.98 Å². The molecule has 160 valence electrons. The van der Waals surface area contributed by atoms with E-state index >= 15 is 0 Å². The van der Waals surface area contributed by atoms with E-state index in [0.717, 1.165) is 18.8 Å². The monoisotopic (exact) mass is 410 g/mol. The van der Waals surface area contributed by atoms with Gasteiger partial charge in [-0.05, 0) is 39.1 Å². The molecule has 3 rings (SSSR count). The van der Waals surface area contributed by atoms with Gasteiger partial charge in [-0.1, -0.05) is 25.1 Å². The Morgan fingerprint density at radius 1 is 1.00 bits per heavy atom. The van der Waals surface area contributed by atoms with E-state index in [0.29, 0.717) is 42.5 Å². The first kappa shape index (κ1) is 21.5. The number of aromatic nitrogens is 4. The molecule has 2 aromatic heterocycles. The molecule has 3 N–H and O–H groups in total. The van der Waals surface area contributed by atoms with Gasteiger partial charge in [0.25, 0.3) is 0 Å². The number of rotatable bonds is 10. The lowest BCUT2D eigenvalue weighted by atomic mass is 10.1. The molecule has 0 saturated heterocycles. The first-order chi connectivity index (χ1) is 14.4. The van der Waals surface area contributed by atoms with Crippen molar-refractivity contribution in [2.45, 2.75) is 33.7 Å². The molecule has 2 heterocycles. The highest BCUT2D eigenvalue weighted by molar-refractivity contribution is 5.56. The maximum atomic E-state index is 5.80. The summed E-state index contributed by atoms with van der Waals surface area (Å²) in [5.74, 6) is 2.36. The summed E-state index contributed by atoms with van der Waals surface area (Å²) in [6.45, 7) is 8.33. The first-order valence-electron chi connectivity index (χ1n) is 10.1. The van der Waals surface area contributed by atoms with Gasteiger partial charge in [0.2, 0.25) is 11.9 Å². The second-order valence-corrected chi connectivity index (χ2v) is 7.36. The molecule has 0 aliphatic carbocycles. The highest BCUT2D eigenvalue weighted by atomic mass is 16.4. The van der Waals surface area contributed by atoms with Gasteiger partial charge in [-0.2, -0.15) is 15.0 Å². The third kappa shape index (κ3) is 5.90. The van der Waals surface area contributed by atoms with Gasteiger partial charge in [0.1, 0.15) is 11.6 Å². The molecular formula is C21H30N8O. The number of aryl methyl sites for hydroxylation is 3. The lowest BCUT2D eigenvalue weighted by Crippen LogP contribution is -2.22. The Kier molecular flexibility index (Phi) is 7.18. The summed E-state index contributed by atoms with van der Waals surface area (Å²) in [6.07, 6.45) is 2.40. The molecule has 0 radical (unpaired) electrons. The third-order valence-corrected chi connectivity index (χ3v) is 4.53. The Balaban J connectivity index is 1.64. The molecule has 3 aromatic rings. The maximum absolute atomic E-state index is 5.80. The molecule has 9 heteroatoms. The van der Waals surface area contributed by atoms with E-state index in [4.69, 9.17) is 4.42 Å². The van der Waals surface area contributed by atoms with Crippen LogP contribution in [0.1, 0.15) is 29.6 Å². The Morgan fingerprint density at radius 2 is 1.73 bits per heavy atom. The van der Waals surface area contributed by atoms with Crippen LogP contribution in [0.5, 0.6) is 0 Å². The van der Waals surface area contributed by atoms with Crippen LogP contribution in [-0.2, 0) is 13.0 Å². The van der Waals surface area contributed by atoms with Crippen molar-refractivity contribution in [3.63, 3.8) is 0 Å². The molecule has 0 aliphatic heterocycles. The van der Waals surface area contributed by atoms with Crippen molar-refractivity contribution in [2.24, 2.45) is 0 Å². The van der Waals surface area contributed by atoms with Crippen LogP contribution < -0.4 is 16.0 Å². The standard InChI is InChI=1S/C21H30N8O/c1-6-17-25-19(22-10-11-29(4)5)27-20(26-17)28-21-24-13-16(30-21)12-23-18-14(2)8-7-9-15(18)3/h7-9,13,23H,6,10-12H2,1-5H3,(H2,22,24,25,26,27,28). The molecule has 0 bridgehead atoms. The van der Waals surface area contributed by atoms with Crippen LogP contribution in [0.3, 0.4) is 0 Å². The zero-order valence-corrected chi connectivity index (χ0v) is 18.3. The topological polar surface area (TPSA) is 104 Å². The average Bonchev–Trinajstić information content (AvgIpc) is 3.14. The molecular weight excluding hydrogens is 380 g/mol. The highest BCUT2D eigenvalue weighted by Gasteiger charge is 2.10. The summed E-state index contributed by atoms with van der Waals surface area (Å²) in [4.78, 5) is 19.6. The fraction of sp³-hybridized carbons (Fsp3) is 0.429. The highest BCUT2D eigenvalue weighted by Crippen LogP contribution is 2.21. The molecule has 0 atom stereocenters. The Hall–Kier alpha value is -3.20. The van der Waals surface area contributed by atoms with Crippen LogP contribution in [-0.4, -0.2) is 52.0 Å². The van der Waals surface area contributed by atoms with Crippen LogP contribution in [0.15, 0.2) is 28.8 Å². The lowest BCUT2D eigenvalue weighted by molar-refractivity contribution is 0.425. The minimum absolute atomic E-state index is 0.348. The van der Waals surface area contributed by atoms with Crippen molar-refractivity contribution in [1.82, 2.24) is 24.8 Å². The quantitative estimate of drug-likeness (QED) is 0.464. The Bertz CT molecular complexity index is 949. The zero-order chi connectivity index (χ0) is 21.5. The number of hydrogen-bond acceptors (Lipinski definition) is 9.